The van der Waals surface area contributed by atoms with Crippen LogP contribution in [0.25, 0.3) is 0 Å². The van der Waals surface area contributed by atoms with Crippen LogP contribution in [0.5, 0.6) is 0 Å². The lowest BCUT2D eigenvalue weighted by Gasteiger charge is -1.99. The summed E-state index contributed by atoms with van der Waals surface area (Å²) in [5.41, 5.74) is 0.409. The number of halogens is 1. The van der Waals surface area contributed by atoms with Crippen molar-refractivity contribution >= 4 is 5.78 Å². The number of aryl methyl sites for hydroxylation is 1. The Balaban J connectivity index is 1.98. The van der Waals surface area contributed by atoms with Crippen molar-refractivity contribution in [1.82, 2.24) is 0 Å². The highest BCUT2D eigenvalue weighted by molar-refractivity contribution is 5.96. The van der Waals surface area contributed by atoms with E-state index in [9.17, 15) is 9.18 Å². The van der Waals surface area contributed by atoms with Crippen LogP contribution in [0.15, 0.2) is 47.1 Å². The summed E-state index contributed by atoms with van der Waals surface area (Å²) in [4.78, 5) is 11.7. The van der Waals surface area contributed by atoms with Crippen molar-refractivity contribution in [2.75, 3.05) is 0 Å². The molecule has 3 heteroatoms. The molecule has 0 amide bonds. The van der Waals surface area contributed by atoms with Gasteiger partial charge in [0.05, 0.1) is 6.26 Å². The summed E-state index contributed by atoms with van der Waals surface area (Å²) in [5, 5.41) is 0. The summed E-state index contributed by atoms with van der Waals surface area (Å²) in [6, 6.07) is 9.33. The van der Waals surface area contributed by atoms with E-state index in [1.807, 2.05) is 6.07 Å². The summed E-state index contributed by atoms with van der Waals surface area (Å²) in [7, 11) is 0. The fourth-order valence-electron chi connectivity index (χ4n) is 1.50. The van der Waals surface area contributed by atoms with Crippen molar-refractivity contribution in [2.24, 2.45) is 0 Å². The summed E-state index contributed by atoms with van der Waals surface area (Å²) in [6.45, 7) is 0. The zero-order chi connectivity index (χ0) is 11.4. The number of rotatable bonds is 4. The fraction of sp³-hybridized carbons (Fsp3) is 0.154. The Kier molecular flexibility index (Phi) is 3.15. The Morgan fingerprint density at radius 3 is 2.81 bits per heavy atom. The molecule has 1 heterocycles. The second kappa shape index (κ2) is 4.75. The van der Waals surface area contributed by atoms with Crippen molar-refractivity contribution in [3.8, 4) is 0 Å². The molecule has 0 spiro atoms. The van der Waals surface area contributed by atoms with Gasteiger partial charge < -0.3 is 4.42 Å². The van der Waals surface area contributed by atoms with E-state index in [1.54, 1.807) is 18.4 Å². The molecule has 0 aliphatic carbocycles. The molecule has 0 saturated heterocycles. The third-order valence-corrected chi connectivity index (χ3v) is 2.33. The van der Waals surface area contributed by atoms with Gasteiger partial charge in [-0.2, -0.15) is 0 Å². The quantitative estimate of drug-likeness (QED) is 0.737. The highest BCUT2D eigenvalue weighted by atomic mass is 19.1. The molecule has 0 bridgehead atoms. The van der Waals surface area contributed by atoms with E-state index < -0.39 is 0 Å². The van der Waals surface area contributed by atoms with E-state index in [2.05, 4.69) is 0 Å². The van der Waals surface area contributed by atoms with Gasteiger partial charge in [0, 0.05) is 18.4 Å². The van der Waals surface area contributed by atoms with Crippen molar-refractivity contribution in [3.05, 3.63) is 59.8 Å². The van der Waals surface area contributed by atoms with Crippen LogP contribution >= 0.6 is 0 Å². The van der Waals surface area contributed by atoms with E-state index in [-0.39, 0.29) is 11.6 Å². The smallest absolute Gasteiger partial charge is 0.163 e. The molecular formula is C13H11FO2. The molecule has 1 aromatic carbocycles. The van der Waals surface area contributed by atoms with E-state index in [4.69, 9.17) is 4.42 Å². The molecule has 0 saturated carbocycles. The van der Waals surface area contributed by atoms with Crippen LogP contribution in [0.3, 0.4) is 0 Å². The van der Waals surface area contributed by atoms with Crippen LogP contribution in [-0.2, 0) is 6.42 Å². The van der Waals surface area contributed by atoms with Gasteiger partial charge in [0.2, 0.25) is 0 Å². The topological polar surface area (TPSA) is 30.2 Å². The summed E-state index contributed by atoms with van der Waals surface area (Å²) < 4.78 is 18.0. The molecule has 0 N–H and O–H groups in total. The monoisotopic (exact) mass is 218 g/mol. The summed E-state index contributed by atoms with van der Waals surface area (Å²) in [6.07, 6.45) is 2.45. The van der Waals surface area contributed by atoms with Gasteiger partial charge in [0.25, 0.3) is 0 Å². The molecule has 0 fully saturated rings. The van der Waals surface area contributed by atoms with Crippen LogP contribution in [0, 0.1) is 5.82 Å². The first-order valence-corrected chi connectivity index (χ1v) is 5.07. The molecule has 2 nitrogen and oxygen atoms in total. The number of hydrogen-bond donors (Lipinski definition) is 0. The minimum absolute atomic E-state index is 0.0732. The molecule has 0 atom stereocenters. The van der Waals surface area contributed by atoms with Gasteiger partial charge >= 0.3 is 0 Å². The zero-order valence-electron chi connectivity index (χ0n) is 8.65. The van der Waals surface area contributed by atoms with E-state index >= 15 is 0 Å². The Morgan fingerprint density at radius 2 is 2.12 bits per heavy atom. The minimum Gasteiger partial charge on any atom is -0.469 e. The predicted molar refractivity (Wildman–Crippen MR) is 57.8 cm³/mol. The summed E-state index contributed by atoms with van der Waals surface area (Å²) >= 11 is 0. The second-order valence-electron chi connectivity index (χ2n) is 3.51. The van der Waals surface area contributed by atoms with Crippen molar-refractivity contribution in [3.63, 3.8) is 0 Å². The Morgan fingerprint density at radius 1 is 1.25 bits per heavy atom. The van der Waals surface area contributed by atoms with Crippen LogP contribution in [0.1, 0.15) is 22.5 Å². The maximum atomic E-state index is 12.9. The Hall–Kier alpha value is -1.90. The van der Waals surface area contributed by atoms with Crippen LogP contribution < -0.4 is 0 Å². The number of Topliss-reactive ketones (excluding diaryl/α,β-unsaturated/α-hetero) is 1. The Bertz CT molecular complexity index is 474. The van der Waals surface area contributed by atoms with Crippen LogP contribution in [0.2, 0.25) is 0 Å². The standard InChI is InChI=1S/C13H11FO2/c14-11-4-1-3-10(9-11)13(15)7-6-12-5-2-8-16-12/h1-5,8-9H,6-7H2. The van der Waals surface area contributed by atoms with Gasteiger partial charge in [-0.25, -0.2) is 4.39 Å². The molecule has 1 aromatic heterocycles. The second-order valence-corrected chi connectivity index (χ2v) is 3.51. The maximum absolute atomic E-state index is 12.9. The first-order chi connectivity index (χ1) is 7.75. The van der Waals surface area contributed by atoms with Crippen molar-refractivity contribution < 1.29 is 13.6 Å². The average Bonchev–Trinajstić information content (AvgIpc) is 2.78. The highest BCUT2D eigenvalue weighted by Gasteiger charge is 2.07. The van der Waals surface area contributed by atoms with Crippen LogP contribution in [0.4, 0.5) is 4.39 Å². The van der Waals surface area contributed by atoms with E-state index in [0.717, 1.165) is 5.76 Å². The number of hydrogen-bond acceptors (Lipinski definition) is 2. The van der Waals surface area contributed by atoms with Crippen molar-refractivity contribution in [2.45, 2.75) is 12.8 Å². The molecule has 0 aliphatic heterocycles. The van der Waals surface area contributed by atoms with Gasteiger partial charge in [-0.3, -0.25) is 4.79 Å². The molecule has 82 valence electrons. The third kappa shape index (κ3) is 2.57. The van der Waals surface area contributed by atoms with Gasteiger partial charge in [-0.05, 0) is 24.3 Å². The lowest BCUT2D eigenvalue weighted by molar-refractivity contribution is 0.0980. The first kappa shape index (κ1) is 10.6. The molecule has 0 aliphatic rings. The van der Waals surface area contributed by atoms with Gasteiger partial charge in [-0.15, -0.1) is 0 Å². The molecule has 0 unspecified atom stereocenters. The van der Waals surface area contributed by atoms with E-state index in [0.29, 0.717) is 18.4 Å². The number of carbonyl (C=O) groups is 1. The normalized spacial score (nSPS) is 10.3. The van der Waals surface area contributed by atoms with E-state index in [1.165, 1.54) is 18.2 Å². The maximum Gasteiger partial charge on any atom is 0.163 e. The third-order valence-electron chi connectivity index (χ3n) is 2.33. The molecule has 2 aromatic rings. The summed E-state index contributed by atoms with van der Waals surface area (Å²) in [5.74, 6) is 0.310. The minimum atomic E-state index is -0.385. The fourth-order valence-corrected chi connectivity index (χ4v) is 1.50. The molecule has 2 rings (SSSR count). The number of ketones is 1. The van der Waals surface area contributed by atoms with Gasteiger partial charge in [0.15, 0.2) is 5.78 Å². The highest BCUT2D eigenvalue weighted by Crippen LogP contribution is 2.10. The zero-order valence-corrected chi connectivity index (χ0v) is 8.65. The predicted octanol–water partition coefficient (Wildman–Crippen LogP) is 3.23. The Labute approximate surface area is 92.7 Å². The van der Waals surface area contributed by atoms with Gasteiger partial charge in [0.1, 0.15) is 11.6 Å². The number of furan rings is 1. The van der Waals surface area contributed by atoms with Gasteiger partial charge in [-0.1, -0.05) is 12.1 Å². The lowest BCUT2D eigenvalue weighted by atomic mass is 10.1. The average molecular weight is 218 g/mol. The molecule has 0 radical (unpaired) electrons. The number of carbonyl (C=O) groups excluding carboxylic acids is 1. The largest absolute Gasteiger partial charge is 0.469 e. The van der Waals surface area contributed by atoms with Crippen molar-refractivity contribution in [1.29, 1.82) is 0 Å². The number of benzene rings is 1. The molecular weight excluding hydrogens is 207 g/mol. The lowest BCUT2D eigenvalue weighted by Crippen LogP contribution is -2.01. The SMILES string of the molecule is O=C(CCc1ccco1)c1cccc(F)c1. The molecule has 16 heavy (non-hydrogen) atoms. The first-order valence-electron chi connectivity index (χ1n) is 5.07. The van der Waals surface area contributed by atoms with Crippen LogP contribution in [-0.4, -0.2) is 5.78 Å².